The van der Waals surface area contributed by atoms with Crippen LogP contribution in [0.4, 0.5) is 5.82 Å². The molecule has 0 fully saturated rings. The van der Waals surface area contributed by atoms with Crippen molar-refractivity contribution >= 4 is 15.7 Å². The molecule has 1 aromatic carbocycles. The molecule has 0 saturated heterocycles. The predicted molar refractivity (Wildman–Crippen MR) is 77.2 cm³/mol. The third kappa shape index (κ3) is 3.34. The Bertz CT molecular complexity index is 672. The quantitative estimate of drug-likeness (QED) is 0.875. The van der Waals surface area contributed by atoms with Gasteiger partial charge in [-0.05, 0) is 17.7 Å². The van der Waals surface area contributed by atoms with E-state index in [1.165, 1.54) is 12.3 Å². The van der Waals surface area contributed by atoms with Crippen molar-refractivity contribution in [3.05, 3.63) is 54.2 Å². The van der Waals surface area contributed by atoms with Gasteiger partial charge in [0, 0.05) is 12.5 Å². The van der Waals surface area contributed by atoms with Gasteiger partial charge in [0.1, 0.15) is 10.7 Å². The highest BCUT2D eigenvalue weighted by Gasteiger charge is 2.17. The van der Waals surface area contributed by atoms with Crippen LogP contribution in [0.5, 0.6) is 0 Å². The Balaban J connectivity index is 2.34. The molecule has 0 aliphatic heterocycles. The summed E-state index contributed by atoms with van der Waals surface area (Å²) in [6, 6.07) is 12.0. The van der Waals surface area contributed by atoms with Gasteiger partial charge in [-0.15, -0.1) is 0 Å². The maximum absolute atomic E-state index is 11.7. The highest BCUT2D eigenvalue weighted by atomic mass is 32.2. The van der Waals surface area contributed by atoms with Crippen LogP contribution >= 0.6 is 0 Å². The van der Waals surface area contributed by atoms with Crippen molar-refractivity contribution < 1.29 is 13.5 Å². The van der Waals surface area contributed by atoms with Crippen molar-refractivity contribution in [1.82, 2.24) is 4.98 Å². The largest absolute Gasteiger partial charge is 0.394 e. The van der Waals surface area contributed by atoms with Crippen molar-refractivity contribution in [2.45, 2.75) is 10.9 Å². The van der Waals surface area contributed by atoms with Gasteiger partial charge in [0.15, 0.2) is 9.84 Å². The number of nitrogens with one attached hydrogen (secondary N) is 1. The van der Waals surface area contributed by atoms with E-state index in [1.54, 1.807) is 6.07 Å². The average molecular weight is 292 g/mol. The monoisotopic (exact) mass is 292 g/mol. The molecule has 1 atom stereocenters. The van der Waals surface area contributed by atoms with Crippen LogP contribution < -0.4 is 5.32 Å². The van der Waals surface area contributed by atoms with Gasteiger partial charge < -0.3 is 10.4 Å². The van der Waals surface area contributed by atoms with Crippen LogP contribution in [0, 0.1) is 0 Å². The number of nitrogens with zero attached hydrogens (tertiary/aromatic N) is 1. The minimum absolute atomic E-state index is 0.120. The molecule has 6 heteroatoms. The first-order valence-corrected chi connectivity index (χ1v) is 7.99. The highest BCUT2D eigenvalue weighted by molar-refractivity contribution is 7.90. The number of aliphatic hydroxyl groups is 1. The lowest BCUT2D eigenvalue weighted by Gasteiger charge is -2.18. The van der Waals surface area contributed by atoms with Gasteiger partial charge in [-0.2, -0.15) is 0 Å². The molecular formula is C14H16N2O3S. The van der Waals surface area contributed by atoms with Crippen LogP contribution in [0.3, 0.4) is 0 Å². The van der Waals surface area contributed by atoms with E-state index >= 15 is 0 Å². The first-order valence-electron chi connectivity index (χ1n) is 6.10. The fourth-order valence-corrected chi connectivity index (χ4v) is 2.67. The molecule has 2 rings (SSSR count). The Hall–Kier alpha value is -1.92. The van der Waals surface area contributed by atoms with Crippen molar-refractivity contribution in [1.29, 1.82) is 0 Å². The second-order valence-corrected chi connectivity index (χ2v) is 6.40. The van der Waals surface area contributed by atoms with Gasteiger partial charge in [0.2, 0.25) is 0 Å². The molecule has 1 heterocycles. The van der Waals surface area contributed by atoms with Crippen LogP contribution in [0.1, 0.15) is 11.6 Å². The van der Waals surface area contributed by atoms with E-state index in [1.807, 2.05) is 30.3 Å². The Labute approximate surface area is 118 Å². The van der Waals surface area contributed by atoms with E-state index in [4.69, 9.17) is 0 Å². The summed E-state index contributed by atoms with van der Waals surface area (Å²) in [6.07, 6.45) is 2.64. The Morgan fingerprint density at radius 1 is 1.20 bits per heavy atom. The molecule has 0 saturated carbocycles. The van der Waals surface area contributed by atoms with Gasteiger partial charge >= 0.3 is 0 Å². The number of rotatable bonds is 5. The molecule has 0 amide bonds. The molecule has 1 aromatic heterocycles. The lowest BCUT2D eigenvalue weighted by Crippen LogP contribution is -2.17. The summed E-state index contributed by atoms with van der Waals surface area (Å²) in [4.78, 5) is 4.18. The summed E-state index contributed by atoms with van der Waals surface area (Å²) >= 11 is 0. The topological polar surface area (TPSA) is 79.3 Å². The molecule has 5 nitrogen and oxygen atoms in total. The van der Waals surface area contributed by atoms with Crippen molar-refractivity contribution in [2.75, 3.05) is 18.2 Å². The number of aliphatic hydroxyl groups excluding tert-OH is 1. The Morgan fingerprint density at radius 3 is 2.50 bits per heavy atom. The summed E-state index contributed by atoms with van der Waals surface area (Å²) in [5.74, 6) is 0.248. The Morgan fingerprint density at radius 2 is 1.90 bits per heavy atom. The zero-order valence-electron chi connectivity index (χ0n) is 11.0. The van der Waals surface area contributed by atoms with Gasteiger partial charge in [-0.1, -0.05) is 30.3 Å². The smallest absolute Gasteiger partial charge is 0.179 e. The number of benzene rings is 1. The number of sulfone groups is 1. The second-order valence-electron chi connectivity index (χ2n) is 4.41. The molecule has 2 N–H and O–H groups in total. The molecule has 0 spiro atoms. The zero-order valence-corrected chi connectivity index (χ0v) is 11.8. The van der Waals surface area contributed by atoms with Gasteiger partial charge in [0.25, 0.3) is 0 Å². The lowest BCUT2D eigenvalue weighted by atomic mass is 10.1. The van der Waals surface area contributed by atoms with Gasteiger partial charge in [-0.3, -0.25) is 0 Å². The zero-order chi connectivity index (χ0) is 14.6. The minimum atomic E-state index is -3.38. The van der Waals surface area contributed by atoms with E-state index in [2.05, 4.69) is 10.3 Å². The summed E-state index contributed by atoms with van der Waals surface area (Å²) < 4.78 is 23.4. The van der Waals surface area contributed by atoms with Crippen LogP contribution in [-0.4, -0.2) is 31.4 Å². The Kier molecular flexibility index (Phi) is 4.36. The standard InChI is InChI=1S/C14H16N2O3S/c1-20(18,19)13-8-5-9-15-14(13)16-12(10-17)11-6-3-2-4-7-11/h2-9,12,17H,10H2,1H3,(H,15,16). The lowest BCUT2D eigenvalue weighted by molar-refractivity contribution is 0.276. The molecule has 106 valence electrons. The summed E-state index contributed by atoms with van der Waals surface area (Å²) in [6.45, 7) is -0.163. The predicted octanol–water partition coefficient (Wildman–Crippen LogP) is 1.63. The molecule has 20 heavy (non-hydrogen) atoms. The van der Waals surface area contributed by atoms with Crippen LogP contribution in [0.2, 0.25) is 0 Å². The summed E-state index contributed by atoms with van der Waals surface area (Å²) in [5, 5.41) is 12.5. The fourth-order valence-electron chi connectivity index (χ4n) is 1.88. The average Bonchev–Trinajstić information content (AvgIpc) is 2.45. The van der Waals surface area contributed by atoms with E-state index in [-0.39, 0.29) is 17.3 Å². The summed E-state index contributed by atoms with van der Waals surface area (Å²) in [7, 11) is -3.38. The molecule has 2 aromatic rings. The minimum Gasteiger partial charge on any atom is -0.394 e. The molecular weight excluding hydrogens is 276 g/mol. The van der Waals surface area contributed by atoms with Crippen LogP contribution in [0.15, 0.2) is 53.6 Å². The van der Waals surface area contributed by atoms with Crippen LogP contribution in [0.25, 0.3) is 0 Å². The third-order valence-electron chi connectivity index (χ3n) is 2.87. The normalized spacial score (nSPS) is 12.9. The second kappa shape index (κ2) is 6.02. The third-order valence-corrected chi connectivity index (χ3v) is 3.99. The number of hydrogen-bond donors (Lipinski definition) is 2. The van der Waals surface area contributed by atoms with Crippen LogP contribution in [-0.2, 0) is 9.84 Å². The van der Waals surface area contributed by atoms with Crippen molar-refractivity contribution in [2.24, 2.45) is 0 Å². The van der Waals surface area contributed by atoms with E-state index in [9.17, 15) is 13.5 Å². The number of aromatic nitrogens is 1. The maximum Gasteiger partial charge on any atom is 0.179 e. The molecule has 0 radical (unpaired) electrons. The van der Waals surface area contributed by atoms with Crippen molar-refractivity contribution in [3.63, 3.8) is 0 Å². The van der Waals surface area contributed by atoms with Crippen molar-refractivity contribution in [3.8, 4) is 0 Å². The molecule has 0 bridgehead atoms. The molecule has 1 unspecified atom stereocenters. The molecule has 0 aliphatic rings. The number of hydrogen-bond acceptors (Lipinski definition) is 5. The van der Waals surface area contributed by atoms with E-state index < -0.39 is 15.9 Å². The highest BCUT2D eigenvalue weighted by Crippen LogP contribution is 2.23. The van der Waals surface area contributed by atoms with Gasteiger partial charge in [0.05, 0.1) is 12.6 Å². The van der Waals surface area contributed by atoms with E-state index in [0.717, 1.165) is 11.8 Å². The number of anilines is 1. The fraction of sp³-hybridized carbons (Fsp3) is 0.214. The SMILES string of the molecule is CS(=O)(=O)c1cccnc1NC(CO)c1ccccc1. The van der Waals surface area contributed by atoms with E-state index in [0.29, 0.717) is 0 Å². The maximum atomic E-state index is 11.7. The summed E-state index contributed by atoms with van der Waals surface area (Å²) in [5.41, 5.74) is 0.861. The number of pyridine rings is 1. The first-order chi connectivity index (χ1) is 9.52. The van der Waals surface area contributed by atoms with Gasteiger partial charge in [-0.25, -0.2) is 13.4 Å². The molecule has 0 aliphatic carbocycles. The first kappa shape index (κ1) is 14.5.